The Morgan fingerprint density at radius 1 is 1.58 bits per heavy atom. The molecular formula is C12H20ClN3OS2. The lowest BCUT2D eigenvalue weighted by molar-refractivity contribution is -0.116. The summed E-state index contributed by atoms with van der Waals surface area (Å²) in [5.41, 5.74) is 1.08. The van der Waals surface area contributed by atoms with Gasteiger partial charge in [0.2, 0.25) is 5.91 Å². The van der Waals surface area contributed by atoms with Gasteiger partial charge >= 0.3 is 0 Å². The lowest BCUT2D eigenvalue weighted by Gasteiger charge is -2.22. The van der Waals surface area contributed by atoms with Crippen LogP contribution in [0.3, 0.4) is 0 Å². The summed E-state index contributed by atoms with van der Waals surface area (Å²) in [5.74, 6) is 2.22. The molecular weight excluding hydrogens is 302 g/mol. The fourth-order valence-electron chi connectivity index (χ4n) is 1.95. The number of carbonyl (C=O) groups excluding carboxylic acids is 1. The molecule has 7 heteroatoms. The van der Waals surface area contributed by atoms with E-state index in [0.717, 1.165) is 35.3 Å². The summed E-state index contributed by atoms with van der Waals surface area (Å²) in [4.78, 5) is 17.5. The molecule has 2 N–H and O–H groups in total. The highest BCUT2D eigenvalue weighted by atomic mass is 35.5. The van der Waals surface area contributed by atoms with Gasteiger partial charge in [0.25, 0.3) is 0 Å². The Kier molecular flexibility index (Phi) is 7.13. The number of thioether (sulfide) groups is 1. The summed E-state index contributed by atoms with van der Waals surface area (Å²) >= 11 is 3.47. The van der Waals surface area contributed by atoms with E-state index < -0.39 is 0 Å². The zero-order valence-corrected chi connectivity index (χ0v) is 13.6. The molecule has 2 heterocycles. The van der Waals surface area contributed by atoms with Crippen molar-refractivity contribution in [1.82, 2.24) is 10.3 Å². The molecule has 0 radical (unpaired) electrons. The van der Waals surface area contributed by atoms with Crippen molar-refractivity contribution in [3.05, 3.63) is 10.6 Å². The average molecular weight is 322 g/mol. The number of thiazole rings is 1. The second-order valence-electron chi connectivity index (χ2n) is 4.35. The van der Waals surface area contributed by atoms with Crippen molar-refractivity contribution >= 4 is 46.5 Å². The van der Waals surface area contributed by atoms with Gasteiger partial charge in [0, 0.05) is 35.4 Å². The maximum atomic E-state index is 11.9. The van der Waals surface area contributed by atoms with Crippen LogP contribution in [0.2, 0.25) is 0 Å². The van der Waals surface area contributed by atoms with Crippen LogP contribution in [-0.4, -0.2) is 35.0 Å². The van der Waals surface area contributed by atoms with Gasteiger partial charge in [-0.2, -0.15) is 11.8 Å². The first-order valence-corrected chi connectivity index (χ1v) is 8.23. The summed E-state index contributed by atoms with van der Waals surface area (Å²) in [6.45, 7) is 5.13. The van der Waals surface area contributed by atoms with Gasteiger partial charge in [-0.25, -0.2) is 4.98 Å². The number of aryl methyl sites for hydroxylation is 2. The summed E-state index contributed by atoms with van der Waals surface area (Å²) < 4.78 is 0. The molecule has 0 saturated carbocycles. The molecule has 1 aliphatic rings. The Labute approximate surface area is 128 Å². The van der Waals surface area contributed by atoms with Gasteiger partial charge in [0.05, 0.1) is 5.69 Å². The first-order chi connectivity index (χ1) is 8.69. The van der Waals surface area contributed by atoms with E-state index >= 15 is 0 Å². The number of carbonyl (C=O) groups is 1. The molecule has 2 rings (SSSR count). The average Bonchev–Trinajstić information content (AvgIpc) is 2.70. The normalized spacial score (nSPS) is 18.7. The predicted molar refractivity (Wildman–Crippen MR) is 85.8 cm³/mol. The van der Waals surface area contributed by atoms with Crippen LogP contribution in [0.25, 0.3) is 0 Å². The van der Waals surface area contributed by atoms with Crippen molar-refractivity contribution in [2.24, 2.45) is 0 Å². The summed E-state index contributed by atoms with van der Waals surface area (Å²) in [6, 6.07) is 0.301. The Morgan fingerprint density at radius 3 is 2.95 bits per heavy atom. The van der Waals surface area contributed by atoms with Gasteiger partial charge in [0.15, 0.2) is 5.13 Å². The topological polar surface area (TPSA) is 54.0 Å². The molecule has 108 valence electrons. The van der Waals surface area contributed by atoms with E-state index in [0.29, 0.717) is 12.5 Å². The van der Waals surface area contributed by atoms with Crippen LogP contribution in [-0.2, 0) is 11.2 Å². The molecule has 0 aliphatic carbocycles. The number of nitrogens with one attached hydrogen (secondary N) is 2. The minimum atomic E-state index is 0. The second kappa shape index (κ2) is 8.09. The highest BCUT2D eigenvalue weighted by Crippen LogP contribution is 2.22. The molecule has 0 aromatic carbocycles. The minimum Gasteiger partial charge on any atom is -0.312 e. The number of aromatic nitrogens is 1. The molecule has 4 nitrogen and oxygen atoms in total. The monoisotopic (exact) mass is 321 g/mol. The molecule has 0 spiro atoms. The van der Waals surface area contributed by atoms with Crippen LogP contribution in [0, 0.1) is 6.92 Å². The van der Waals surface area contributed by atoms with Crippen LogP contribution in [0.5, 0.6) is 0 Å². The van der Waals surface area contributed by atoms with E-state index in [-0.39, 0.29) is 18.3 Å². The Hall–Kier alpha value is -0.300. The molecule has 0 bridgehead atoms. The number of amides is 1. The van der Waals surface area contributed by atoms with Crippen LogP contribution >= 0.6 is 35.5 Å². The van der Waals surface area contributed by atoms with Gasteiger partial charge < -0.3 is 10.6 Å². The summed E-state index contributed by atoms with van der Waals surface area (Å²) in [6.07, 6.45) is 1.45. The van der Waals surface area contributed by atoms with Crippen molar-refractivity contribution in [3.8, 4) is 0 Å². The van der Waals surface area contributed by atoms with Gasteiger partial charge in [-0.15, -0.1) is 23.7 Å². The molecule has 1 amide bonds. The molecule has 1 aromatic heterocycles. The number of nitrogens with zero attached hydrogens (tertiary/aromatic N) is 1. The van der Waals surface area contributed by atoms with Crippen molar-refractivity contribution in [1.29, 1.82) is 0 Å². The van der Waals surface area contributed by atoms with E-state index in [1.165, 1.54) is 4.88 Å². The maximum Gasteiger partial charge on any atom is 0.227 e. The number of hydrogen-bond acceptors (Lipinski definition) is 5. The smallest absolute Gasteiger partial charge is 0.227 e. The van der Waals surface area contributed by atoms with Crippen molar-refractivity contribution in [3.63, 3.8) is 0 Å². The highest BCUT2D eigenvalue weighted by Gasteiger charge is 2.17. The number of rotatable bonds is 4. The van der Waals surface area contributed by atoms with Gasteiger partial charge in [-0.1, -0.05) is 6.92 Å². The van der Waals surface area contributed by atoms with Gasteiger partial charge in [-0.05, 0) is 13.3 Å². The Bertz CT molecular complexity index is 419. The van der Waals surface area contributed by atoms with Gasteiger partial charge in [-0.3, -0.25) is 4.79 Å². The SMILES string of the molecule is CCc1nc(NC(=O)CC2CSCCN2)sc1C.Cl. The first kappa shape index (κ1) is 16.8. The third-order valence-electron chi connectivity index (χ3n) is 2.90. The maximum absolute atomic E-state index is 11.9. The molecule has 19 heavy (non-hydrogen) atoms. The zero-order chi connectivity index (χ0) is 13.0. The van der Waals surface area contributed by atoms with E-state index in [1.54, 1.807) is 11.3 Å². The first-order valence-electron chi connectivity index (χ1n) is 6.26. The van der Waals surface area contributed by atoms with Gasteiger partial charge in [0.1, 0.15) is 0 Å². The van der Waals surface area contributed by atoms with E-state index in [4.69, 9.17) is 0 Å². The molecule has 1 aromatic rings. The van der Waals surface area contributed by atoms with Crippen LogP contribution in [0.1, 0.15) is 23.9 Å². The fourth-order valence-corrected chi connectivity index (χ4v) is 3.82. The molecule has 1 fully saturated rings. The predicted octanol–water partition coefficient (Wildman–Crippen LogP) is 2.47. The van der Waals surface area contributed by atoms with Crippen LogP contribution in [0.15, 0.2) is 0 Å². The van der Waals surface area contributed by atoms with Crippen molar-refractivity contribution < 1.29 is 4.79 Å². The van der Waals surface area contributed by atoms with Crippen molar-refractivity contribution in [2.75, 3.05) is 23.4 Å². The molecule has 1 unspecified atom stereocenters. The molecule has 1 saturated heterocycles. The lowest BCUT2D eigenvalue weighted by Crippen LogP contribution is -2.39. The Balaban J connectivity index is 0.00000180. The molecule has 1 atom stereocenters. The fraction of sp³-hybridized carbons (Fsp3) is 0.667. The molecule has 1 aliphatic heterocycles. The Morgan fingerprint density at radius 2 is 2.37 bits per heavy atom. The highest BCUT2D eigenvalue weighted by molar-refractivity contribution is 7.99. The largest absolute Gasteiger partial charge is 0.312 e. The minimum absolute atomic E-state index is 0. The number of anilines is 1. The second-order valence-corrected chi connectivity index (χ2v) is 6.71. The number of halogens is 1. The third-order valence-corrected chi connectivity index (χ3v) is 4.96. The quantitative estimate of drug-likeness (QED) is 0.894. The van der Waals surface area contributed by atoms with Crippen LogP contribution in [0.4, 0.5) is 5.13 Å². The lowest BCUT2D eigenvalue weighted by atomic mass is 10.2. The van der Waals surface area contributed by atoms with E-state index in [2.05, 4.69) is 22.5 Å². The van der Waals surface area contributed by atoms with E-state index in [1.807, 2.05) is 18.7 Å². The standard InChI is InChI=1S/C12H19N3OS2.ClH/c1-3-10-8(2)18-12(14-10)15-11(16)6-9-7-17-5-4-13-9;/h9,13H,3-7H2,1-2H3,(H,14,15,16);1H. The van der Waals surface area contributed by atoms with Crippen molar-refractivity contribution in [2.45, 2.75) is 32.7 Å². The summed E-state index contributed by atoms with van der Waals surface area (Å²) in [5, 5.41) is 7.00. The van der Waals surface area contributed by atoms with E-state index in [9.17, 15) is 4.79 Å². The third kappa shape index (κ3) is 4.95. The summed E-state index contributed by atoms with van der Waals surface area (Å²) in [7, 11) is 0. The van der Waals surface area contributed by atoms with Crippen LogP contribution < -0.4 is 10.6 Å². The number of hydrogen-bond donors (Lipinski definition) is 2. The zero-order valence-electron chi connectivity index (χ0n) is 11.2.